The first-order valence-corrected chi connectivity index (χ1v) is 12.8. The van der Waals surface area contributed by atoms with Crippen LogP contribution in [-0.2, 0) is 12.0 Å². The molecule has 0 unspecified atom stereocenters. The molecule has 2 aromatic heterocycles. The number of amides is 1. The van der Waals surface area contributed by atoms with Crippen molar-refractivity contribution in [3.05, 3.63) is 119 Å². The van der Waals surface area contributed by atoms with Crippen molar-refractivity contribution in [3.63, 3.8) is 0 Å². The molecular weight excluding hydrogens is 527 g/mol. The zero-order valence-electron chi connectivity index (χ0n) is 22.3. The van der Waals surface area contributed by atoms with Crippen LogP contribution in [0.4, 0.5) is 4.39 Å². The number of carboxylic acid groups (broad SMARTS) is 1. The standard InChI is InChI=1S/C31H27FN4O5/c1-18(20-8-10-24(32)11-9-20)34-27(37)22-14-21(26-25(29(38)39)12-13-40-26)15-23(16-22)28-35-36-30(41-28)31(2,33)17-19-6-4-3-5-7-19/h3-16,18H,17,33H2,1-2H3,(H,34,37)(H,38,39)/t18-,31+/m1/s1. The molecule has 0 saturated heterocycles. The molecule has 0 spiro atoms. The first-order chi connectivity index (χ1) is 19.6. The average Bonchev–Trinajstić information content (AvgIpc) is 3.65. The molecule has 41 heavy (non-hydrogen) atoms. The number of nitrogens with one attached hydrogen (secondary N) is 1. The number of aromatic carboxylic acids is 1. The van der Waals surface area contributed by atoms with Crippen LogP contribution in [-0.4, -0.2) is 27.2 Å². The Hall–Kier alpha value is -5.09. The molecule has 5 aromatic rings. The summed E-state index contributed by atoms with van der Waals surface area (Å²) in [5, 5.41) is 20.9. The van der Waals surface area contributed by atoms with E-state index in [1.54, 1.807) is 38.1 Å². The Morgan fingerprint density at radius 3 is 2.44 bits per heavy atom. The van der Waals surface area contributed by atoms with Crippen LogP contribution in [0.25, 0.3) is 22.8 Å². The van der Waals surface area contributed by atoms with Gasteiger partial charge in [0.05, 0.1) is 17.8 Å². The number of furan rings is 1. The molecule has 2 heterocycles. The third-order valence-corrected chi connectivity index (χ3v) is 6.65. The van der Waals surface area contributed by atoms with E-state index in [0.29, 0.717) is 23.1 Å². The molecule has 0 aliphatic heterocycles. The molecule has 0 bridgehead atoms. The predicted molar refractivity (Wildman–Crippen MR) is 148 cm³/mol. The van der Waals surface area contributed by atoms with E-state index < -0.39 is 23.5 Å². The second-order valence-corrected chi connectivity index (χ2v) is 10.0. The topological polar surface area (TPSA) is 144 Å². The average molecular weight is 555 g/mol. The van der Waals surface area contributed by atoms with Gasteiger partial charge >= 0.3 is 5.97 Å². The van der Waals surface area contributed by atoms with Gasteiger partial charge in [-0.05, 0) is 67.8 Å². The number of halogens is 1. The number of carbonyl (C=O) groups excluding carboxylic acids is 1. The molecule has 3 aromatic carbocycles. The fraction of sp³-hybridized carbons (Fsp3) is 0.161. The molecule has 4 N–H and O–H groups in total. The molecule has 208 valence electrons. The fourth-order valence-electron chi connectivity index (χ4n) is 4.50. The Bertz CT molecular complexity index is 1690. The number of benzene rings is 3. The van der Waals surface area contributed by atoms with Crippen molar-refractivity contribution in [3.8, 4) is 22.8 Å². The second kappa shape index (κ2) is 11.2. The van der Waals surface area contributed by atoms with Crippen molar-refractivity contribution in [1.82, 2.24) is 15.5 Å². The number of aromatic nitrogens is 2. The molecule has 5 rings (SSSR count). The van der Waals surface area contributed by atoms with Gasteiger partial charge in [-0.15, -0.1) is 10.2 Å². The Morgan fingerprint density at radius 2 is 1.73 bits per heavy atom. The molecule has 10 heteroatoms. The summed E-state index contributed by atoms with van der Waals surface area (Å²) in [5.74, 6) is -1.67. The van der Waals surface area contributed by atoms with E-state index >= 15 is 0 Å². The highest BCUT2D eigenvalue weighted by molar-refractivity contribution is 5.99. The lowest BCUT2D eigenvalue weighted by Gasteiger charge is -2.20. The van der Waals surface area contributed by atoms with E-state index in [2.05, 4.69) is 15.5 Å². The lowest BCUT2D eigenvalue weighted by molar-refractivity contribution is 0.0697. The van der Waals surface area contributed by atoms with Gasteiger partial charge in [0.25, 0.3) is 5.91 Å². The number of carboxylic acids is 1. The second-order valence-electron chi connectivity index (χ2n) is 10.0. The van der Waals surface area contributed by atoms with Gasteiger partial charge in [0, 0.05) is 16.7 Å². The molecule has 0 saturated carbocycles. The molecule has 2 atom stereocenters. The van der Waals surface area contributed by atoms with Gasteiger partial charge < -0.3 is 25.0 Å². The minimum Gasteiger partial charge on any atom is -0.478 e. The Kier molecular flexibility index (Phi) is 7.50. The van der Waals surface area contributed by atoms with E-state index in [0.717, 1.165) is 5.56 Å². The third-order valence-electron chi connectivity index (χ3n) is 6.65. The third kappa shape index (κ3) is 6.07. The molecule has 9 nitrogen and oxygen atoms in total. The van der Waals surface area contributed by atoms with Crippen molar-refractivity contribution in [1.29, 1.82) is 0 Å². The Morgan fingerprint density at radius 1 is 1.02 bits per heavy atom. The lowest BCUT2D eigenvalue weighted by atomic mass is 9.94. The van der Waals surface area contributed by atoms with E-state index in [9.17, 15) is 19.1 Å². The zero-order valence-corrected chi connectivity index (χ0v) is 22.3. The van der Waals surface area contributed by atoms with Crippen LogP contribution in [0.5, 0.6) is 0 Å². The van der Waals surface area contributed by atoms with Gasteiger partial charge in [-0.1, -0.05) is 42.5 Å². The first kappa shape index (κ1) is 27.5. The smallest absolute Gasteiger partial charge is 0.339 e. The van der Waals surface area contributed by atoms with E-state index in [1.807, 2.05) is 30.3 Å². The number of hydrogen-bond donors (Lipinski definition) is 3. The summed E-state index contributed by atoms with van der Waals surface area (Å²) in [4.78, 5) is 25.2. The van der Waals surface area contributed by atoms with Crippen molar-refractivity contribution in [2.24, 2.45) is 5.73 Å². The highest BCUT2D eigenvalue weighted by atomic mass is 19.1. The minimum atomic E-state index is -1.19. The molecule has 0 aliphatic rings. The highest BCUT2D eigenvalue weighted by Crippen LogP contribution is 2.32. The highest BCUT2D eigenvalue weighted by Gasteiger charge is 2.29. The maximum atomic E-state index is 13.4. The summed E-state index contributed by atoms with van der Waals surface area (Å²) in [7, 11) is 0. The van der Waals surface area contributed by atoms with Crippen LogP contribution in [0, 0.1) is 5.82 Å². The molecule has 0 aliphatic carbocycles. The van der Waals surface area contributed by atoms with E-state index in [-0.39, 0.29) is 34.5 Å². The number of hydrogen-bond acceptors (Lipinski definition) is 7. The van der Waals surface area contributed by atoms with Crippen molar-refractivity contribution in [2.45, 2.75) is 31.8 Å². The predicted octanol–water partition coefficient (Wildman–Crippen LogP) is 5.74. The summed E-state index contributed by atoms with van der Waals surface area (Å²) < 4.78 is 24.9. The van der Waals surface area contributed by atoms with E-state index in [1.165, 1.54) is 30.5 Å². The monoisotopic (exact) mass is 554 g/mol. The van der Waals surface area contributed by atoms with Crippen molar-refractivity contribution < 1.29 is 27.9 Å². The summed E-state index contributed by atoms with van der Waals surface area (Å²) in [6, 6.07) is 21.0. The normalized spacial score (nSPS) is 13.4. The van der Waals surface area contributed by atoms with Crippen LogP contribution in [0.3, 0.4) is 0 Å². The molecule has 0 fully saturated rings. The van der Waals surface area contributed by atoms with Gasteiger partial charge in [0.15, 0.2) is 0 Å². The van der Waals surface area contributed by atoms with Crippen molar-refractivity contribution >= 4 is 11.9 Å². The van der Waals surface area contributed by atoms with Gasteiger partial charge in [-0.3, -0.25) is 4.79 Å². The summed E-state index contributed by atoms with van der Waals surface area (Å²) in [6.45, 7) is 3.55. The first-order valence-electron chi connectivity index (χ1n) is 12.8. The largest absolute Gasteiger partial charge is 0.478 e. The van der Waals surface area contributed by atoms with Crippen LogP contribution in [0.15, 0.2) is 94.0 Å². The van der Waals surface area contributed by atoms with Gasteiger partial charge in [-0.25, -0.2) is 9.18 Å². The molecule has 0 radical (unpaired) electrons. The van der Waals surface area contributed by atoms with Gasteiger partial charge in [0.2, 0.25) is 11.8 Å². The van der Waals surface area contributed by atoms with Crippen LogP contribution in [0.2, 0.25) is 0 Å². The fourth-order valence-corrected chi connectivity index (χ4v) is 4.50. The Balaban J connectivity index is 1.51. The van der Waals surface area contributed by atoms with Gasteiger partial charge in [-0.2, -0.15) is 0 Å². The summed E-state index contributed by atoms with van der Waals surface area (Å²) in [5.41, 5.74) is 8.08. The summed E-state index contributed by atoms with van der Waals surface area (Å²) in [6.07, 6.45) is 1.70. The Labute approximate surface area is 234 Å². The quantitative estimate of drug-likeness (QED) is 0.209. The minimum absolute atomic E-state index is 0.0625. The van der Waals surface area contributed by atoms with Gasteiger partial charge in [0.1, 0.15) is 17.1 Å². The molecule has 1 amide bonds. The van der Waals surface area contributed by atoms with Crippen molar-refractivity contribution in [2.75, 3.05) is 0 Å². The SMILES string of the molecule is C[C@@H](NC(=O)c1cc(-c2nnc([C@@](C)(N)Cc3ccccc3)o2)cc(-c2occc2C(=O)O)c1)c1ccc(F)cc1. The van der Waals surface area contributed by atoms with Crippen LogP contribution >= 0.6 is 0 Å². The zero-order chi connectivity index (χ0) is 29.1. The summed E-state index contributed by atoms with van der Waals surface area (Å²) >= 11 is 0. The number of nitrogens with two attached hydrogens (primary N) is 1. The van der Waals surface area contributed by atoms with Crippen LogP contribution in [0.1, 0.15) is 57.6 Å². The number of carbonyl (C=O) groups is 2. The molecular formula is C31H27FN4O5. The van der Waals surface area contributed by atoms with E-state index in [4.69, 9.17) is 14.6 Å². The number of nitrogens with zero attached hydrogens (tertiary/aromatic N) is 2. The maximum Gasteiger partial charge on any atom is 0.339 e. The van der Waals surface area contributed by atoms with Crippen LogP contribution < -0.4 is 11.1 Å². The maximum absolute atomic E-state index is 13.4. The lowest BCUT2D eigenvalue weighted by Crippen LogP contribution is -2.35. The number of rotatable bonds is 9.